The van der Waals surface area contributed by atoms with Crippen LogP contribution in [0.3, 0.4) is 0 Å². The minimum absolute atomic E-state index is 0.147. The third-order valence-electron chi connectivity index (χ3n) is 2.47. The molecule has 16 heavy (non-hydrogen) atoms. The molecule has 1 fully saturated rings. The number of ether oxygens (including phenoxy) is 1. The second-order valence-electron chi connectivity index (χ2n) is 4.15. The predicted molar refractivity (Wildman–Crippen MR) is 57.0 cm³/mol. The maximum Gasteiger partial charge on any atom is 0.326 e. The predicted octanol–water partition coefficient (Wildman–Crippen LogP) is -0.800. The van der Waals surface area contributed by atoms with Crippen molar-refractivity contribution >= 4 is 11.9 Å². The van der Waals surface area contributed by atoms with Crippen molar-refractivity contribution in [1.29, 1.82) is 0 Å². The largest absolute Gasteiger partial charge is 0.480 e. The summed E-state index contributed by atoms with van der Waals surface area (Å²) >= 11 is 0. The Bertz CT molecular complexity index is 262. The lowest BCUT2D eigenvalue weighted by Crippen LogP contribution is -2.55. The highest BCUT2D eigenvalue weighted by Gasteiger charge is 2.28. The Balaban J connectivity index is 2.50. The highest BCUT2D eigenvalue weighted by Crippen LogP contribution is 2.03. The first-order valence-electron chi connectivity index (χ1n) is 5.36. The fourth-order valence-electron chi connectivity index (χ4n) is 1.50. The molecular weight excluding hydrogens is 212 g/mol. The van der Waals surface area contributed by atoms with Gasteiger partial charge in [0.05, 0.1) is 13.2 Å². The first kappa shape index (κ1) is 12.9. The van der Waals surface area contributed by atoms with Crippen LogP contribution >= 0.6 is 0 Å². The van der Waals surface area contributed by atoms with Crippen molar-refractivity contribution in [3.63, 3.8) is 0 Å². The van der Waals surface area contributed by atoms with Crippen LogP contribution in [0, 0.1) is 5.92 Å². The third-order valence-corrected chi connectivity index (χ3v) is 2.47. The van der Waals surface area contributed by atoms with E-state index in [0.717, 1.165) is 0 Å². The fourth-order valence-corrected chi connectivity index (χ4v) is 1.50. The van der Waals surface area contributed by atoms with Gasteiger partial charge in [0, 0.05) is 6.54 Å². The number of rotatable bonds is 4. The van der Waals surface area contributed by atoms with E-state index >= 15 is 0 Å². The van der Waals surface area contributed by atoms with Crippen molar-refractivity contribution in [2.45, 2.75) is 25.9 Å². The first-order chi connectivity index (χ1) is 7.52. The molecule has 6 heteroatoms. The van der Waals surface area contributed by atoms with E-state index in [1.165, 1.54) is 0 Å². The van der Waals surface area contributed by atoms with Gasteiger partial charge in [0.15, 0.2) is 0 Å². The van der Waals surface area contributed by atoms with Gasteiger partial charge in [0.2, 0.25) is 5.91 Å². The molecule has 0 aromatic carbocycles. The summed E-state index contributed by atoms with van der Waals surface area (Å²) in [5.41, 5.74) is 0. The van der Waals surface area contributed by atoms with E-state index in [1.54, 1.807) is 13.8 Å². The summed E-state index contributed by atoms with van der Waals surface area (Å²) in [7, 11) is 0. The Morgan fingerprint density at radius 3 is 2.62 bits per heavy atom. The Labute approximate surface area is 94.3 Å². The summed E-state index contributed by atoms with van der Waals surface area (Å²) in [6, 6.07) is -1.30. The number of carbonyl (C=O) groups is 2. The molecule has 1 amide bonds. The molecule has 0 saturated carbocycles. The molecule has 1 rings (SSSR count). The standard InChI is InChI=1S/C10H18N2O4/c1-6(2)8(10(14)15)12-9(13)7-5-16-4-3-11-7/h6-8,11H,3-5H2,1-2H3,(H,12,13)(H,14,15)/t7?,8-/m0/s1. The van der Waals surface area contributed by atoms with E-state index < -0.39 is 18.1 Å². The van der Waals surface area contributed by atoms with Crippen LogP contribution in [0.25, 0.3) is 0 Å². The Hall–Kier alpha value is -1.14. The highest BCUT2D eigenvalue weighted by molar-refractivity contribution is 5.87. The van der Waals surface area contributed by atoms with E-state index in [2.05, 4.69) is 10.6 Å². The number of carboxylic acids is 1. The molecule has 0 aliphatic carbocycles. The van der Waals surface area contributed by atoms with Gasteiger partial charge < -0.3 is 20.5 Å². The van der Waals surface area contributed by atoms with Gasteiger partial charge in [-0.2, -0.15) is 0 Å². The number of hydrogen-bond acceptors (Lipinski definition) is 4. The molecule has 2 atom stereocenters. The second kappa shape index (κ2) is 5.81. The third kappa shape index (κ3) is 3.46. The Morgan fingerprint density at radius 1 is 1.50 bits per heavy atom. The maximum absolute atomic E-state index is 11.7. The molecule has 1 aliphatic heterocycles. The minimum atomic E-state index is -1.01. The summed E-state index contributed by atoms with van der Waals surface area (Å²) in [5.74, 6) is -1.48. The van der Waals surface area contributed by atoms with Gasteiger partial charge in [-0.05, 0) is 5.92 Å². The number of hydrogen-bond donors (Lipinski definition) is 3. The number of aliphatic carboxylic acids is 1. The maximum atomic E-state index is 11.7. The average molecular weight is 230 g/mol. The van der Waals surface area contributed by atoms with Crippen LogP contribution in [0.5, 0.6) is 0 Å². The second-order valence-corrected chi connectivity index (χ2v) is 4.15. The molecule has 0 spiro atoms. The SMILES string of the molecule is CC(C)[C@H](NC(=O)C1COCCN1)C(=O)O. The molecule has 0 bridgehead atoms. The van der Waals surface area contributed by atoms with E-state index in [1.807, 2.05) is 0 Å². The van der Waals surface area contributed by atoms with E-state index in [4.69, 9.17) is 9.84 Å². The number of nitrogens with one attached hydrogen (secondary N) is 2. The monoisotopic (exact) mass is 230 g/mol. The van der Waals surface area contributed by atoms with Gasteiger partial charge in [-0.15, -0.1) is 0 Å². The van der Waals surface area contributed by atoms with Crippen molar-refractivity contribution in [1.82, 2.24) is 10.6 Å². The smallest absolute Gasteiger partial charge is 0.326 e. The zero-order valence-electron chi connectivity index (χ0n) is 9.53. The number of morpholine rings is 1. The lowest BCUT2D eigenvalue weighted by molar-refractivity contribution is -0.143. The first-order valence-corrected chi connectivity index (χ1v) is 5.36. The molecule has 1 aliphatic rings. The summed E-state index contributed by atoms with van der Waals surface area (Å²) in [4.78, 5) is 22.6. The normalized spacial score (nSPS) is 22.8. The van der Waals surface area contributed by atoms with E-state index in [9.17, 15) is 9.59 Å². The zero-order valence-corrected chi connectivity index (χ0v) is 9.53. The summed E-state index contributed by atoms with van der Waals surface area (Å²) in [6.45, 7) is 4.98. The van der Waals surface area contributed by atoms with Gasteiger partial charge in [-0.25, -0.2) is 4.79 Å². The molecule has 1 heterocycles. The molecular formula is C10H18N2O4. The van der Waals surface area contributed by atoms with E-state index in [-0.39, 0.29) is 18.4 Å². The van der Waals surface area contributed by atoms with Gasteiger partial charge >= 0.3 is 5.97 Å². The molecule has 0 radical (unpaired) electrons. The Kier molecular flexibility index (Phi) is 4.70. The molecule has 92 valence electrons. The van der Waals surface area contributed by atoms with Crippen molar-refractivity contribution in [2.24, 2.45) is 5.92 Å². The molecule has 3 N–H and O–H groups in total. The molecule has 0 aromatic heterocycles. The quantitative estimate of drug-likeness (QED) is 0.588. The number of carbonyl (C=O) groups excluding carboxylic acids is 1. The fraction of sp³-hybridized carbons (Fsp3) is 0.800. The molecule has 0 aromatic rings. The minimum Gasteiger partial charge on any atom is -0.480 e. The zero-order chi connectivity index (χ0) is 12.1. The average Bonchev–Trinajstić information content (AvgIpc) is 2.25. The van der Waals surface area contributed by atoms with Crippen LogP contribution in [0.2, 0.25) is 0 Å². The highest BCUT2D eigenvalue weighted by atomic mass is 16.5. The molecule has 1 unspecified atom stereocenters. The van der Waals surface area contributed by atoms with E-state index in [0.29, 0.717) is 13.2 Å². The van der Waals surface area contributed by atoms with Gasteiger partial charge in [0.25, 0.3) is 0 Å². The number of carboxylic acid groups (broad SMARTS) is 1. The van der Waals surface area contributed by atoms with Crippen LogP contribution in [0.1, 0.15) is 13.8 Å². The summed E-state index contributed by atoms with van der Waals surface area (Å²) < 4.78 is 5.13. The van der Waals surface area contributed by atoms with Crippen molar-refractivity contribution < 1.29 is 19.4 Å². The van der Waals surface area contributed by atoms with Crippen molar-refractivity contribution in [3.8, 4) is 0 Å². The van der Waals surface area contributed by atoms with Crippen molar-refractivity contribution in [2.75, 3.05) is 19.8 Å². The van der Waals surface area contributed by atoms with Crippen LogP contribution < -0.4 is 10.6 Å². The van der Waals surface area contributed by atoms with Gasteiger partial charge in [-0.3, -0.25) is 4.79 Å². The van der Waals surface area contributed by atoms with Crippen LogP contribution in [0.15, 0.2) is 0 Å². The summed E-state index contributed by atoms with van der Waals surface area (Å²) in [5, 5.41) is 14.4. The topological polar surface area (TPSA) is 87.7 Å². The van der Waals surface area contributed by atoms with Crippen molar-refractivity contribution in [3.05, 3.63) is 0 Å². The van der Waals surface area contributed by atoms with Gasteiger partial charge in [0.1, 0.15) is 12.1 Å². The molecule has 1 saturated heterocycles. The van der Waals surface area contributed by atoms with Gasteiger partial charge in [-0.1, -0.05) is 13.8 Å². The number of amides is 1. The van der Waals surface area contributed by atoms with Crippen LogP contribution in [-0.2, 0) is 14.3 Å². The van der Waals surface area contributed by atoms with Crippen LogP contribution in [-0.4, -0.2) is 48.8 Å². The van der Waals surface area contributed by atoms with Crippen LogP contribution in [0.4, 0.5) is 0 Å². The summed E-state index contributed by atoms with van der Waals surface area (Å²) in [6.07, 6.45) is 0. The lowest BCUT2D eigenvalue weighted by atomic mass is 10.0. The molecule has 6 nitrogen and oxygen atoms in total. The lowest BCUT2D eigenvalue weighted by Gasteiger charge is -2.25. The Morgan fingerprint density at radius 2 is 2.19 bits per heavy atom.